The summed E-state index contributed by atoms with van der Waals surface area (Å²) in [6, 6.07) is 7.49. The summed E-state index contributed by atoms with van der Waals surface area (Å²) in [7, 11) is 1.60. The van der Waals surface area contributed by atoms with Crippen molar-refractivity contribution < 1.29 is 14.3 Å². The Kier molecular flexibility index (Phi) is 5.71. The Labute approximate surface area is 129 Å². The third-order valence-corrected chi connectivity index (χ3v) is 3.44. The number of morpholine rings is 1. The zero-order valence-electron chi connectivity index (χ0n) is 11.9. The number of thiocarbonyl (C=S) groups is 1. The Hall–Kier alpha value is -1.92. The van der Waals surface area contributed by atoms with Gasteiger partial charge in [-0.3, -0.25) is 10.1 Å². The molecule has 0 atom stereocenters. The number of amides is 1. The van der Waals surface area contributed by atoms with Crippen LogP contribution in [0.5, 0.6) is 5.75 Å². The van der Waals surface area contributed by atoms with Gasteiger partial charge in [-0.1, -0.05) is 18.2 Å². The maximum Gasteiger partial charge on any atom is 0.250 e. The first-order valence-electron chi connectivity index (χ1n) is 6.69. The fourth-order valence-electron chi connectivity index (χ4n) is 1.96. The molecule has 1 fully saturated rings. The number of benzene rings is 1. The second-order valence-corrected chi connectivity index (χ2v) is 4.86. The molecular formula is C15H18N2O3S. The van der Waals surface area contributed by atoms with Crippen molar-refractivity contribution in [2.24, 2.45) is 0 Å². The zero-order chi connectivity index (χ0) is 15.1. The van der Waals surface area contributed by atoms with Gasteiger partial charge in [0.15, 0.2) is 5.11 Å². The molecule has 0 unspecified atom stereocenters. The highest BCUT2D eigenvalue weighted by atomic mass is 32.1. The van der Waals surface area contributed by atoms with Crippen LogP contribution in [0, 0.1) is 0 Å². The highest BCUT2D eigenvalue weighted by Gasteiger charge is 2.14. The average Bonchev–Trinajstić information content (AvgIpc) is 2.54. The number of nitrogens with one attached hydrogen (secondary N) is 1. The summed E-state index contributed by atoms with van der Waals surface area (Å²) in [6.45, 7) is 2.67. The number of rotatable bonds is 3. The van der Waals surface area contributed by atoms with Gasteiger partial charge in [0.1, 0.15) is 5.75 Å². The summed E-state index contributed by atoms with van der Waals surface area (Å²) < 4.78 is 10.5. The van der Waals surface area contributed by atoms with E-state index in [1.807, 2.05) is 29.2 Å². The van der Waals surface area contributed by atoms with E-state index in [4.69, 9.17) is 21.7 Å². The van der Waals surface area contributed by atoms with Crippen molar-refractivity contribution in [2.45, 2.75) is 0 Å². The van der Waals surface area contributed by atoms with Gasteiger partial charge in [-0.05, 0) is 24.4 Å². The Morgan fingerprint density at radius 3 is 2.81 bits per heavy atom. The van der Waals surface area contributed by atoms with E-state index >= 15 is 0 Å². The number of hydrogen-bond donors (Lipinski definition) is 1. The molecule has 1 heterocycles. The molecule has 1 aliphatic heterocycles. The van der Waals surface area contributed by atoms with Crippen molar-refractivity contribution in [3.05, 3.63) is 35.9 Å². The number of nitrogens with zero attached hydrogens (tertiary/aromatic N) is 1. The topological polar surface area (TPSA) is 50.8 Å². The molecule has 6 heteroatoms. The lowest BCUT2D eigenvalue weighted by Gasteiger charge is -2.28. The van der Waals surface area contributed by atoms with Crippen molar-refractivity contribution in [2.75, 3.05) is 33.4 Å². The summed E-state index contributed by atoms with van der Waals surface area (Å²) in [5.74, 6) is 0.467. The van der Waals surface area contributed by atoms with Gasteiger partial charge >= 0.3 is 0 Å². The first-order valence-corrected chi connectivity index (χ1v) is 7.10. The second-order valence-electron chi connectivity index (χ2n) is 4.47. The van der Waals surface area contributed by atoms with E-state index in [0.29, 0.717) is 31.4 Å². The second kappa shape index (κ2) is 7.75. The van der Waals surface area contributed by atoms with Crippen molar-refractivity contribution >= 4 is 29.3 Å². The minimum Gasteiger partial charge on any atom is -0.496 e. The molecule has 1 N–H and O–H groups in total. The van der Waals surface area contributed by atoms with Gasteiger partial charge in [0.2, 0.25) is 5.91 Å². The minimum atomic E-state index is -0.252. The maximum atomic E-state index is 11.9. The zero-order valence-corrected chi connectivity index (χ0v) is 12.7. The Morgan fingerprint density at radius 2 is 2.10 bits per heavy atom. The molecule has 1 aromatic carbocycles. The molecule has 0 aromatic heterocycles. The Bertz CT molecular complexity index is 539. The lowest BCUT2D eigenvalue weighted by Crippen LogP contribution is -2.47. The largest absolute Gasteiger partial charge is 0.496 e. The number of para-hydroxylation sites is 1. The van der Waals surface area contributed by atoms with E-state index in [9.17, 15) is 4.79 Å². The van der Waals surface area contributed by atoms with Gasteiger partial charge in [-0.25, -0.2) is 0 Å². The highest BCUT2D eigenvalue weighted by molar-refractivity contribution is 7.80. The van der Waals surface area contributed by atoms with E-state index in [1.54, 1.807) is 13.2 Å². The monoisotopic (exact) mass is 306 g/mol. The summed E-state index contributed by atoms with van der Waals surface area (Å²) in [4.78, 5) is 13.8. The van der Waals surface area contributed by atoms with Crippen molar-refractivity contribution in [3.8, 4) is 5.75 Å². The molecule has 0 aliphatic carbocycles. The molecule has 0 saturated carbocycles. The number of carbonyl (C=O) groups excluding carboxylic acids is 1. The molecule has 2 rings (SSSR count). The van der Waals surface area contributed by atoms with Gasteiger partial charge in [-0.15, -0.1) is 0 Å². The normalized spacial score (nSPS) is 15.0. The van der Waals surface area contributed by atoms with Crippen molar-refractivity contribution in [1.29, 1.82) is 0 Å². The number of methoxy groups -OCH3 is 1. The van der Waals surface area contributed by atoms with Crippen LogP contribution in [0.25, 0.3) is 6.08 Å². The number of carbonyl (C=O) groups is 1. The van der Waals surface area contributed by atoms with Gasteiger partial charge in [-0.2, -0.15) is 0 Å². The molecule has 21 heavy (non-hydrogen) atoms. The summed E-state index contributed by atoms with van der Waals surface area (Å²) >= 11 is 5.21. The highest BCUT2D eigenvalue weighted by Crippen LogP contribution is 2.18. The van der Waals surface area contributed by atoms with E-state index in [0.717, 1.165) is 11.3 Å². The lowest BCUT2D eigenvalue weighted by molar-refractivity contribution is -0.115. The predicted octanol–water partition coefficient (Wildman–Crippen LogP) is 1.44. The van der Waals surface area contributed by atoms with Crippen LogP contribution in [0.1, 0.15) is 5.56 Å². The molecule has 0 radical (unpaired) electrons. The molecule has 1 aliphatic rings. The third kappa shape index (κ3) is 4.54. The minimum absolute atomic E-state index is 0.252. The first kappa shape index (κ1) is 15.5. The van der Waals surface area contributed by atoms with Crippen LogP contribution in [0.15, 0.2) is 30.3 Å². The van der Waals surface area contributed by atoms with E-state index in [-0.39, 0.29) is 5.91 Å². The van der Waals surface area contributed by atoms with Crippen LogP contribution in [0.3, 0.4) is 0 Å². The van der Waals surface area contributed by atoms with Gasteiger partial charge < -0.3 is 14.4 Å². The number of hydrogen-bond acceptors (Lipinski definition) is 4. The van der Waals surface area contributed by atoms with Gasteiger partial charge in [0, 0.05) is 24.7 Å². The molecule has 112 valence electrons. The fourth-order valence-corrected chi connectivity index (χ4v) is 2.25. The van der Waals surface area contributed by atoms with Crippen LogP contribution in [-0.2, 0) is 9.53 Å². The predicted molar refractivity (Wildman–Crippen MR) is 85.2 cm³/mol. The molecule has 1 amide bonds. The van der Waals surface area contributed by atoms with E-state index in [1.165, 1.54) is 6.08 Å². The van der Waals surface area contributed by atoms with Crippen LogP contribution in [0.2, 0.25) is 0 Å². The van der Waals surface area contributed by atoms with Gasteiger partial charge in [0.25, 0.3) is 0 Å². The van der Waals surface area contributed by atoms with Crippen LogP contribution in [-0.4, -0.2) is 49.3 Å². The van der Waals surface area contributed by atoms with E-state index < -0.39 is 0 Å². The maximum absolute atomic E-state index is 11.9. The van der Waals surface area contributed by atoms with E-state index in [2.05, 4.69) is 5.32 Å². The Morgan fingerprint density at radius 1 is 1.38 bits per heavy atom. The molecule has 5 nitrogen and oxygen atoms in total. The molecule has 1 saturated heterocycles. The number of ether oxygens (including phenoxy) is 2. The smallest absolute Gasteiger partial charge is 0.250 e. The van der Waals surface area contributed by atoms with Crippen molar-refractivity contribution in [1.82, 2.24) is 10.2 Å². The molecule has 1 aromatic rings. The van der Waals surface area contributed by atoms with Crippen LogP contribution < -0.4 is 10.1 Å². The Balaban J connectivity index is 1.91. The molecule has 0 spiro atoms. The molecule has 0 bridgehead atoms. The average molecular weight is 306 g/mol. The first-order chi connectivity index (χ1) is 10.2. The fraction of sp³-hybridized carbons (Fsp3) is 0.333. The van der Waals surface area contributed by atoms with Crippen LogP contribution >= 0.6 is 12.2 Å². The summed E-state index contributed by atoms with van der Waals surface area (Å²) in [5.41, 5.74) is 0.840. The van der Waals surface area contributed by atoms with Gasteiger partial charge in [0.05, 0.1) is 20.3 Å². The summed E-state index contributed by atoms with van der Waals surface area (Å²) in [5, 5.41) is 3.13. The standard InChI is InChI=1S/C15H18N2O3S/c1-19-13-5-3-2-4-12(13)6-7-14(18)16-15(21)17-8-10-20-11-9-17/h2-7H,8-11H2,1H3,(H,16,18,21)/b7-6+. The van der Waals surface area contributed by atoms with Crippen molar-refractivity contribution in [3.63, 3.8) is 0 Å². The molecular weight excluding hydrogens is 288 g/mol. The summed E-state index contributed by atoms with van der Waals surface area (Å²) in [6.07, 6.45) is 3.15. The third-order valence-electron chi connectivity index (χ3n) is 3.08. The SMILES string of the molecule is COc1ccccc1/C=C/C(=O)NC(=S)N1CCOCC1. The quantitative estimate of drug-likeness (QED) is 0.676. The van der Waals surface area contributed by atoms with Crippen LogP contribution in [0.4, 0.5) is 0 Å². The lowest BCUT2D eigenvalue weighted by atomic mass is 10.2.